The smallest absolute Gasteiger partial charge is 0.273 e. The van der Waals surface area contributed by atoms with Gasteiger partial charge in [0.05, 0.1) is 21.9 Å². The Balaban J connectivity index is 1.61. The van der Waals surface area contributed by atoms with Crippen LogP contribution in [0.2, 0.25) is 10.0 Å². The number of hydrogen-bond donors (Lipinski definition) is 0. The number of carbonyl (C=O) groups is 4. The predicted octanol–water partition coefficient (Wildman–Crippen LogP) is 6.15. The Bertz CT molecular complexity index is 1300. The third-order valence-electron chi connectivity index (χ3n) is 7.66. The summed E-state index contributed by atoms with van der Waals surface area (Å²) in [4.78, 5) is 55.5. The summed E-state index contributed by atoms with van der Waals surface area (Å²) in [5.41, 5.74) is 0.136. The average Bonchev–Trinajstić information content (AvgIpc) is 3.51. The Morgan fingerprint density at radius 1 is 0.947 bits per heavy atom. The lowest BCUT2D eigenvalue weighted by Gasteiger charge is -2.36. The summed E-state index contributed by atoms with van der Waals surface area (Å²) >= 11 is 25.6. The van der Waals surface area contributed by atoms with E-state index in [0.29, 0.717) is 6.42 Å². The van der Waals surface area contributed by atoms with Crippen molar-refractivity contribution in [2.75, 3.05) is 5.88 Å². The molecule has 3 aliphatic rings. The number of amides is 3. The molecule has 3 fully saturated rings. The van der Waals surface area contributed by atoms with Crippen molar-refractivity contribution in [3.05, 3.63) is 69.5 Å². The molecule has 0 radical (unpaired) electrons. The fraction of sp³-hybridized carbons (Fsp3) is 0.385. The summed E-state index contributed by atoms with van der Waals surface area (Å²) < 4.78 is 13.6. The van der Waals surface area contributed by atoms with Crippen molar-refractivity contribution >= 4 is 90.2 Å². The zero-order valence-electron chi connectivity index (χ0n) is 19.5. The largest absolute Gasteiger partial charge is 0.292 e. The van der Waals surface area contributed by atoms with Gasteiger partial charge in [-0.15, -0.1) is 11.6 Å². The SMILES string of the molecule is O=C(c1ccc(F)cc1)[C@H](CCCl)N(C(=O)c1ccc(Cl)c(Cl)c1)N1C(=O)[C@@H]2[C@H]3C[C@@H]([C@@H](Br)[C@H]3Br)[C@H]2C1=O. The van der Waals surface area contributed by atoms with Gasteiger partial charge in [-0.2, -0.15) is 5.01 Å². The van der Waals surface area contributed by atoms with Gasteiger partial charge in [0.1, 0.15) is 11.9 Å². The number of carbonyl (C=O) groups excluding carboxylic acids is 4. The number of imide groups is 1. The highest BCUT2D eigenvalue weighted by atomic mass is 79.9. The molecule has 2 aliphatic carbocycles. The number of nitrogens with zero attached hydrogens (tertiary/aromatic N) is 2. The molecule has 2 aromatic rings. The van der Waals surface area contributed by atoms with Gasteiger partial charge in [-0.3, -0.25) is 19.2 Å². The number of Topliss-reactive ketones (excluding diaryl/α,β-unsaturated/α-hetero) is 1. The highest BCUT2D eigenvalue weighted by Gasteiger charge is 2.68. The molecule has 0 unspecified atom stereocenters. The van der Waals surface area contributed by atoms with E-state index in [-0.39, 0.29) is 55.0 Å². The Morgan fingerprint density at radius 2 is 1.50 bits per heavy atom. The van der Waals surface area contributed by atoms with Crippen LogP contribution in [0.15, 0.2) is 42.5 Å². The lowest BCUT2D eigenvalue weighted by Crippen LogP contribution is -2.58. The van der Waals surface area contributed by atoms with Crippen molar-refractivity contribution in [3.63, 3.8) is 0 Å². The molecule has 6 nitrogen and oxygen atoms in total. The standard InChI is InChI=1S/C26H20Br2Cl3FN2O4/c27-21-14-10-15(22(21)28)20-19(14)25(37)34(26(20)38)33(24(36)12-3-6-16(30)17(31)9-12)18(7-8-29)23(35)11-1-4-13(32)5-2-11/h1-6,9,14-15,18-22H,7-8,10H2/t14-,15-,18+,19-,20-,21-,22+/m1/s1. The highest BCUT2D eigenvalue weighted by Crippen LogP contribution is 2.60. The maximum absolute atomic E-state index is 14.0. The first kappa shape index (κ1) is 28.0. The van der Waals surface area contributed by atoms with Gasteiger partial charge in [0, 0.05) is 26.7 Å². The molecule has 12 heteroatoms. The van der Waals surface area contributed by atoms with Crippen LogP contribution in [-0.4, -0.2) is 55.1 Å². The first-order valence-electron chi connectivity index (χ1n) is 11.9. The molecular formula is C26H20Br2Cl3FN2O4. The molecule has 7 atom stereocenters. The molecule has 2 saturated carbocycles. The zero-order valence-corrected chi connectivity index (χ0v) is 24.9. The maximum Gasteiger partial charge on any atom is 0.273 e. The number of rotatable bonds is 7. The Labute approximate surface area is 250 Å². The molecule has 1 saturated heterocycles. The normalized spacial score (nSPS) is 28.5. The molecule has 0 spiro atoms. The van der Waals surface area contributed by atoms with E-state index in [4.69, 9.17) is 34.8 Å². The minimum atomic E-state index is -1.32. The molecule has 2 aromatic carbocycles. The van der Waals surface area contributed by atoms with E-state index in [1.807, 2.05) is 0 Å². The van der Waals surface area contributed by atoms with Crippen molar-refractivity contribution in [1.82, 2.24) is 10.0 Å². The van der Waals surface area contributed by atoms with Crippen molar-refractivity contribution in [2.45, 2.75) is 28.5 Å². The molecule has 0 aromatic heterocycles. The Morgan fingerprint density at radius 3 is 2.03 bits per heavy atom. The van der Waals surface area contributed by atoms with Crippen LogP contribution in [0.3, 0.4) is 0 Å². The van der Waals surface area contributed by atoms with E-state index >= 15 is 0 Å². The molecule has 1 heterocycles. The summed E-state index contributed by atoms with van der Waals surface area (Å²) in [5.74, 6) is -4.46. The molecule has 38 heavy (non-hydrogen) atoms. The van der Waals surface area contributed by atoms with Gasteiger partial charge in [-0.05, 0) is 67.1 Å². The van der Waals surface area contributed by atoms with Crippen molar-refractivity contribution in [1.29, 1.82) is 0 Å². The molecule has 1 aliphatic heterocycles. The highest BCUT2D eigenvalue weighted by molar-refractivity contribution is 9.12. The van der Waals surface area contributed by atoms with Gasteiger partial charge in [-0.25, -0.2) is 9.40 Å². The van der Waals surface area contributed by atoms with E-state index < -0.39 is 47.2 Å². The van der Waals surface area contributed by atoms with Crippen LogP contribution in [0.25, 0.3) is 0 Å². The van der Waals surface area contributed by atoms with Gasteiger partial charge in [0.2, 0.25) is 0 Å². The van der Waals surface area contributed by atoms with Crippen LogP contribution in [0.5, 0.6) is 0 Å². The quantitative estimate of drug-likeness (QED) is 0.197. The number of fused-ring (bicyclic) bond motifs is 5. The first-order valence-corrected chi connectivity index (χ1v) is 15.0. The molecule has 0 N–H and O–H groups in total. The van der Waals surface area contributed by atoms with E-state index in [9.17, 15) is 23.6 Å². The van der Waals surface area contributed by atoms with Crippen LogP contribution in [-0.2, 0) is 9.59 Å². The van der Waals surface area contributed by atoms with Gasteiger partial charge < -0.3 is 0 Å². The van der Waals surface area contributed by atoms with Crippen LogP contribution >= 0.6 is 66.7 Å². The fourth-order valence-electron chi connectivity index (χ4n) is 5.95. The molecular weight excluding hydrogens is 689 g/mol. The number of alkyl halides is 3. The third kappa shape index (κ3) is 4.52. The van der Waals surface area contributed by atoms with E-state index in [2.05, 4.69) is 31.9 Å². The van der Waals surface area contributed by atoms with Gasteiger partial charge in [0.15, 0.2) is 5.78 Å². The maximum atomic E-state index is 14.0. The third-order valence-corrected chi connectivity index (χ3v) is 11.8. The van der Waals surface area contributed by atoms with Gasteiger partial charge in [0.25, 0.3) is 17.7 Å². The molecule has 3 amide bonds. The second-order valence-electron chi connectivity index (χ2n) is 9.64. The summed E-state index contributed by atoms with van der Waals surface area (Å²) in [6.45, 7) is 0. The lowest BCUT2D eigenvalue weighted by molar-refractivity contribution is -0.157. The molecule has 5 rings (SSSR count). The number of hydrazine groups is 1. The van der Waals surface area contributed by atoms with Crippen LogP contribution < -0.4 is 0 Å². The number of ketones is 1. The predicted molar refractivity (Wildman–Crippen MR) is 148 cm³/mol. The topological polar surface area (TPSA) is 74.8 Å². The van der Waals surface area contributed by atoms with E-state index in [1.165, 1.54) is 30.3 Å². The Hall–Kier alpha value is -1.52. The Kier molecular flexibility index (Phi) is 7.97. The number of hydrogen-bond acceptors (Lipinski definition) is 4. The minimum Gasteiger partial charge on any atom is -0.292 e. The van der Waals surface area contributed by atoms with Crippen LogP contribution in [0, 0.1) is 29.5 Å². The van der Waals surface area contributed by atoms with Gasteiger partial charge in [-0.1, -0.05) is 55.1 Å². The van der Waals surface area contributed by atoms with E-state index in [1.54, 1.807) is 0 Å². The first-order chi connectivity index (χ1) is 18.1. The summed E-state index contributed by atoms with van der Waals surface area (Å²) in [7, 11) is 0. The average molecular weight is 710 g/mol. The van der Waals surface area contributed by atoms with Crippen LogP contribution in [0.4, 0.5) is 4.39 Å². The summed E-state index contributed by atoms with van der Waals surface area (Å²) in [6.07, 6.45) is 0.638. The van der Waals surface area contributed by atoms with Crippen LogP contribution in [0.1, 0.15) is 33.6 Å². The number of halogens is 6. The molecule has 200 valence electrons. The summed E-state index contributed by atoms with van der Waals surface area (Å²) in [6, 6.07) is 7.64. The fourth-order valence-corrected chi connectivity index (χ4v) is 8.33. The second-order valence-corrected chi connectivity index (χ2v) is 12.9. The zero-order chi connectivity index (χ0) is 27.5. The molecule has 2 bridgehead atoms. The summed E-state index contributed by atoms with van der Waals surface area (Å²) in [5, 5.41) is 2.06. The van der Waals surface area contributed by atoms with Crippen molar-refractivity contribution in [2.24, 2.45) is 23.7 Å². The second kappa shape index (κ2) is 10.8. The lowest BCUT2D eigenvalue weighted by atomic mass is 9.81. The number of benzene rings is 2. The van der Waals surface area contributed by atoms with Gasteiger partial charge >= 0.3 is 0 Å². The minimum absolute atomic E-state index is 0.0100. The van der Waals surface area contributed by atoms with E-state index in [0.717, 1.165) is 22.2 Å². The monoisotopic (exact) mass is 706 g/mol. The van der Waals surface area contributed by atoms with Crippen molar-refractivity contribution < 1.29 is 23.6 Å². The van der Waals surface area contributed by atoms with Crippen molar-refractivity contribution in [3.8, 4) is 0 Å².